The van der Waals surface area contributed by atoms with E-state index in [2.05, 4.69) is 14.8 Å². The third-order valence-electron chi connectivity index (χ3n) is 6.14. The van der Waals surface area contributed by atoms with E-state index in [-0.39, 0.29) is 11.9 Å². The van der Waals surface area contributed by atoms with Crippen LogP contribution in [-0.4, -0.2) is 44.2 Å². The van der Waals surface area contributed by atoms with Crippen LogP contribution in [0.1, 0.15) is 65.7 Å². The zero-order valence-electron chi connectivity index (χ0n) is 15.8. The van der Waals surface area contributed by atoms with Gasteiger partial charge in [0.05, 0.1) is 11.6 Å². The van der Waals surface area contributed by atoms with Gasteiger partial charge in [0.2, 0.25) is 0 Å². The molecule has 1 aromatic carbocycles. The molecular formula is C21H24N4O3. The van der Waals surface area contributed by atoms with E-state index in [1.807, 2.05) is 23.1 Å². The van der Waals surface area contributed by atoms with Gasteiger partial charge in [-0.1, -0.05) is 24.6 Å². The van der Waals surface area contributed by atoms with Crippen LogP contribution in [-0.2, 0) is 28.9 Å². The van der Waals surface area contributed by atoms with Crippen molar-refractivity contribution < 1.29 is 14.3 Å². The highest BCUT2D eigenvalue weighted by Crippen LogP contribution is 2.34. The topological polar surface area (TPSA) is 77.3 Å². The van der Waals surface area contributed by atoms with Gasteiger partial charge in [-0.15, -0.1) is 10.2 Å². The molecule has 0 unspecified atom stereocenters. The molecule has 5 rings (SSSR count). The number of hydrogen-bond donors (Lipinski definition) is 0. The second kappa shape index (κ2) is 7.04. The van der Waals surface area contributed by atoms with Crippen LogP contribution >= 0.6 is 0 Å². The summed E-state index contributed by atoms with van der Waals surface area (Å²) in [6, 6.07) is 7.28. The van der Waals surface area contributed by atoms with Crippen molar-refractivity contribution in [1.82, 2.24) is 19.7 Å². The van der Waals surface area contributed by atoms with Crippen LogP contribution in [0.4, 0.5) is 0 Å². The lowest BCUT2D eigenvalue weighted by Gasteiger charge is -2.30. The Kier molecular flexibility index (Phi) is 4.37. The molecule has 0 radical (unpaired) electrons. The summed E-state index contributed by atoms with van der Waals surface area (Å²) in [6.07, 6.45) is 5.89. The zero-order valence-corrected chi connectivity index (χ0v) is 15.8. The Morgan fingerprint density at radius 2 is 1.96 bits per heavy atom. The first-order valence-corrected chi connectivity index (χ1v) is 10.2. The number of aryl methyl sites for hydroxylation is 1. The van der Waals surface area contributed by atoms with E-state index >= 15 is 0 Å². The summed E-state index contributed by atoms with van der Waals surface area (Å²) < 4.78 is 7.73. The lowest BCUT2D eigenvalue weighted by molar-refractivity contribution is -0.142. The molecule has 2 aromatic rings. The van der Waals surface area contributed by atoms with Gasteiger partial charge in [0.25, 0.3) is 5.91 Å². The molecule has 1 saturated heterocycles. The standard InChI is InChI=1S/C21H24N4O3/c26-20(17-13-14-7-3-4-8-15(14)21(27)28-17)24-12-6-9-16(24)19-23-22-18-10-2-1-5-11-25(18)19/h3-4,7-8,16-17H,1-2,5-6,9-13H2/t16-,17+/m1/s1. The number of likely N-dealkylation sites (tertiary alicyclic amines) is 1. The molecule has 3 aliphatic heterocycles. The summed E-state index contributed by atoms with van der Waals surface area (Å²) in [4.78, 5) is 27.5. The van der Waals surface area contributed by atoms with Gasteiger partial charge in [0, 0.05) is 25.9 Å². The van der Waals surface area contributed by atoms with E-state index in [4.69, 9.17) is 4.74 Å². The van der Waals surface area contributed by atoms with Crippen molar-refractivity contribution in [2.75, 3.05) is 6.54 Å². The van der Waals surface area contributed by atoms with Crippen molar-refractivity contribution >= 4 is 11.9 Å². The summed E-state index contributed by atoms with van der Waals surface area (Å²) in [5.41, 5.74) is 1.44. The fraction of sp³-hybridized carbons (Fsp3) is 0.524. The first kappa shape index (κ1) is 17.4. The van der Waals surface area contributed by atoms with Gasteiger partial charge in [0.15, 0.2) is 11.9 Å². The largest absolute Gasteiger partial charge is 0.448 e. The quantitative estimate of drug-likeness (QED) is 0.748. The molecule has 0 saturated carbocycles. The third kappa shape index (κ3) is 2.89. The monoisotopic (exact) mass is 380 g/mol. The number of rotatable bonds is 2. The number of fused-ring (bicyclic) bond motifs is 2. The maximum absolute atomic E-state index is 13.3. The van der Waals surface area contributed by atoms with Crippen molar-refractivity contribution in [3.05, 3.63) is 47.0 Å². The predicted octanol–water partition coefficient (Wildman–Crippen LogP) is 2.45. The van der Waals surface area contributed by atoms with Crippen LogP contribution in [0.5, 0.6) is 0 Å². The number of nitrogens with zero attached hydrogens (tertiary/aromatic N) is 4. The summed E-state index contributed by atoms with van der Waals surface area (Å²) in [5, 5.41) is 8.86. The third-order valence-corrected chi connectivity index (χ3v) is 6.14. The van der Waals surface area contributed by atoms with Crippen molar-refractivity contribution in [2.45, 2.75) is 63.6 Å². The summed E-state index contributed by atoms with van der Waals surface area (Å²) in [5.74, 6) is 1.40. The number of amides is 1. The predicted molar refractivity (Wildman–Crippen MR) is 101 cm³/mol. The molecule has 146 valence electrons. The van der Waals surface area contributed by atoms with Crippen LogP contribution in [0.15, 0.2) is 24.3 Å². The van der Waals surface area contributed by atoms with Gasteiger partial charge >= 0.3 is 5.97 Å². The number of ether oxygens (including phenoxy) is 1. The van der Waals surface area contributed by atoms with Gasteiger partial charge in [-0.25, -0.2) is 4.79 Å². The number of benzene rings is 1. The Bertz CT molecular complexity index is 922. The van der Waals surface area contributed by atoms with E-state index < -0.39 is 12.1 Å². The molecule has 1 fully saturated rings. The highest BCUT2D eigenvalue weighted by molar-refractivity contribution is 5.95. The number of carbonyl (C=O) groups is 2. The lowest BCUT2D eigenvalue weighted by atomic mass is 9.98. The summed E-state index contributed by atoms with van der Waals surface area (Å²) in [6.45, 7) is 1.59. The average Bonchev–Trinajstić information content (AvgIpc) is 3.28. The van der Waals surface area contributed by atoms with Crippen LogP contribution < -0.4 is 0 Å². The maximum atomic E-state index is 13.3. The van der Waals surface area contributed by atoms with Crippen LogP contribution in [0.3, 0.4) is 0 Å². The second-order valence-electron chi connectivity index (χ2n) is 7.88. The van der Waals surface area contributed by atoms with Gasteiger partial charge in [-0.2, -0.15) is 0 Å². The van der Waals surface area contributed by atoms with E-state index in [0.29, 0.717) is 18.5 Å². The number of hydrogen-bond acceptors (Lipinski definition) is 5. The minimum Gasteiger partial charge on any atom is -0.448 e. The van der Waals surface area contributed by atoms with Crippen molar-refractivity contribution in [3.8, 4) is 0 Å². The van der Waals surface area contributed by atoms with Gasteiger partial charge < -0.3 is 14.2 Å². The fourth-order valence-corrected chi connectivity index (χ4v) is 4.71. The van der Waals surface area contributed by atoms with Crippen molar-refractivity contribution in [1.29, 1.82) is 0 Å². The maximum Gasteiger partial charge on any atom is 0.339 e. The van der Waals surface area contributed by atoms with Gasteiger partial charge in [0.1, 0.15) is 5.82 Å². The van der Waals surface area contributed by atoms with Gasteiger partial charge in [-0.3, -0.25) is 4.79 Å². The molecule has 3 aliphatic rings. The zero-order chi connectivity index (χ0) is 19.1. The Morgan fingerprint density at radius 3 is 2.89 bits per heavy atom. The average molecular weight is 380 g/mol. The molecule has 0 spiro atoms. The lowest BCUT2D eigenvalue weighted by Crippen LogP contribution is -2.44. The Labute approximate surface area is 163 Å². The molecule has 0 N–H and O–H groups in total. The second-order valence-corrected chi connectivity index (χ2v) is 7.88. The first-order valence-electron chi connectivity index (χ1n) is 10.2. The fourth-order valence-electron chi connectivity index (χ4n) is 4.71. The van der Waals surface area contributed by atoms with Crippen molar-refractivity contribution in [2.24, 2.45) is 0 Å². The van der Waals surface area contributed by atoms with Crippen LogP contribution in [0, 0.1) is 0 Å². The molecule has 7 heteroatoms. The number of esters is 1. The van der Waals surface area contributed by atoms with E-state index in [9.17, 15) is 9.59 Å². The van der Waals surface area contributed by atoms with E-state index in [0.717, 1.165) is 55.9 Å². The van der Waals surface area contributed by atoms with Crippen LogP contribution in [0.2, 0.25) is 0 Å². The van der Waals surface area contributed by atoms with Gasteiger partial charge in [-0.05, 0) is 37.3 Å². The highest BCUT2D eigenvalue weighted by atomic mass is 16.5. The molecule has 1 aromatic heterocycles. The highest BCUT2D eigenvalue weighted by Gasteiger charge is 2.40. The molecule has 1 amide bonds. The molecule has 28 heavy (non-hydrogen) atoms. The number of carbonyl (C=O) groups excluding carboxylic acids is 2. The minimum atomic E-state index is -0.755. The molecule has 4 heterocycles. The summed E-state index contributed by atoms with van der Waals surface area (Å²) >= 11 is 0. The normalized spacial score (nSPS) is 24.3. The van der Waals surface area contributed by atoms with Crippen molar-refractivity contribution in [3.63, 3.8) is 0 Å². The Hall–Kier alpha value is -2.70. The SMILES string of the molecule is O=C1O[C@H](C(=O)N2CCC[C@@H]2c2nnc3n2CCCCC3)Cc2ccccc21. The summed E-state index contributed by atoms with van der Waals surface area (Å²) in [7, 11) is 0. The Morgan fingerprint density at radius 1 is 1.07 bits per heavy atom. The van der Waals surface area contributed by atoms with E-state index in [1.54, 1.807) is 6.07 Å². The molecule has 7 nitrogen and oxygen atoms in total. The van der Waals surface area contributed by atoms with Crippen LogP contribution in [0.25, 0.3) is 0 Å². The Balaban J connectivity index is 1.40. The molecule has 0 bridgehead atoms. The first-order chi connectivity index (χ1) is 13.7. The minimum absolute atomic E-state index is 0.0808. The number of cyclic esters (lactones) is 1. The molecular weight excluding hydrogens is 356 g/mol. The molecule has 0 aliphatic carbocycles. The smallest absolute Gasteiger partial charge is 0.339 e. The number of aromatic nitrogens is 3. The van der Waals surface area contributed by atoms with E-state index in [1.165, 1.54) is 6.42 Å². The molecule has 2 atom stereocenters.